The van der Waals surface area contributed by atoms with Gasteiger partial charge in [-0.3, -0.25) is 0 Å². The van der Waals surface area contributed by atoms with Gasteiger partial charge >= 0.3 is 0 Å². The van der Waals surface area contributed by atoms with Crippen LogP contribution in [0.4, 0.5) is 0 Å². The van der Waals surface area contributed by atoms with Crippen LogP contribution in [0.2, 0.25) is 0 Å². The Morgan fingerprint density at radius 2 is 1.94 bits per heavy atom. The molecule has 76 valence electrons. The van der Waals surface area contributed by atoms with E-state index >= 15 is 0 Å². The van der Waals surface area contributed by atoms with E-state index in [2.05, 4.69) is 28.1 Å². The first kappa shape index (κ1) is 10.5. The van der Waals surface area contributed by atoms with E-state index in [1.165, 1.54) is 0 Å². The summed E-state index contributed by atoms with van der Waals surface area (Å²) in [7, 11) is 0. The molecule has 1 aromatic heterocycles. The van der Waals surface area contributed by atoms with Gasteiger partial charge in [-0.15, -0.1) is 0 Å². The summed E-state index contributed by atoms with van der Waals surface area (Å²) >= 11 is 3.32. The number of benzene rings is 1. The van der Waals surface area contributed by atoms with E-state index in [4.69, 9.17) is 10.5 Å². The number of rotatable bonds is 1. The molecule has 0 N–H and O–H groups in total. The minimum absolute atomic E-state index is 0.566. The first-order valence-electron chi connectivity index (χ1n) is 4.53. The molecule has 0 fully saturated rings. The van der Waals surface area contributed by atoms with Gasteiger partial charge in [-0.2, -0.15) is 10.5 Å². The highest BCUT2D eigenvalue weighted by molar-refractivity contribution is 9.10. The molecule has 4 heteroatoms. The average molecular weight is 272 g/mol. The van der Waals surface area contributed by atoms with E-state index in [1.54, 1.807) is 16.7 Å². The lowest BCUT2D eigenvalue weighted by atomic mass is 10.2. The second kappa shape index (κ2) is 4.22. The summed E-state index contributed by atoms with van der Waals surface area (Å²) in [5, 5.41) is 17.7. The van der Waals surface area contributed by atoms with Crippen LogP contribution in [0.25, 0.3) is 5.69 Å². The van der Waals surface area contributed by atoms with Crippen molar-refractivity contribution in [2.75, 3.05) is 0 Å². The van der Waals surface area contributed by atoms with Crippen LogP contribution in [0.5, 0.6) is 0 Å². The molecule has 0 amide bonds. The van der Waals surface area contributed by atoms with Gasteiger partial charge in [0.1, 0.15) is 17.8 Å². The fourth-order valence-corrected chi connectivity index (χ4v) is 1.90. The molecule has 0 spiro atoms. The SMILES string of the molecule is N#Cc1ccc(-n2cccc2C#N)cc1Br. The van der Waals surface area contributed by atoms with Crippen LogP contribution in [0.15, 0.2) is 41.0 Å². The molecular weight excluding hydrogens is 266 g/mol. The van der Waals surface area contributed by atoms with Crippen molar-refractivity contribution in [2.24, 2.45) is 0 Å². The number of halogens is 1. The molecule has 0 saturated heterocycles. The zero-order valence-electron chi connectivity index (χ0n) is 8.18. The van der Waals surface area contributed by atoms with Crippen molar-refractivity contribution < 1.29 is 0 Å². The Morgan fingerprint density at radius 3 is 2.56 bits per heavy atom. The van der Waals surface area contributed by atoms with Crippen molar-refractivity contribution >= 4 is 15.9 Å². The Labute approximate surface area is 101 Å². The van der Waals surface area contributed by atoms with Crippen LogP contribution in [-0.4, -0.2) is 4.57 Å². The summed E-state index contributed by atoms with van der Waals surface area (Å²) in [4.78, 5) is 0. The van der Waals surface area contributed by atoms with Crippen molar-refractivity contribution in [3.8, 4) is 17.8 Å². The van der Waals surface area contributed by atoms with Crippen molar-refractivity contribution in [1.82, 2.24) is 4.57 Å². The number of aromatic nitrogens is 1. The fourth-order valence-electron chi connectivity index (χ4n) is 1.44. The number of nitriles is 2. The van der Waals surface area contributed by atoms with Crippen LogP contribution in [-0.2, 0) is 0 Å². The highest BCUT2D eigenvalue weighted by atomic mass is 79.9. The molecule has 3 nitrogen and oxygen atoms in total. The summed E-state index contributed by atoms with van der Waals surface area (Å²) in [6, 6.07) is 13.1. The maximum absolute atomic E-state index is 8.90. The van der Waals surface area contributed by atoms with E-state index in [0.29, 0.717) is 11.3 Å². The monoisotopic (exact) mass is 271 g/mol. The Morgan fingerprint density at radius 1 is 1.12 bits per heavy atom. The predicted molar refractivity (Wildman–Crippen MR) is 62.9 cm³/mol. The van der Waals surface area contributed by atoms with Gasteiger partial charge < -0.3 is 4.57 Å². The largest absolute Gasteiger partial charge is 0.308 e. The molecule has 0 saturated carbocycles. The Kier molecular flexibility index (Phi) is 2.76. The van der Waals surface area contributed by atoms with Crippen molar-refractivity contribution in [2.45, 2.75) is 0 Å². The zero-order valence-corrected chi connectivity index (χ0v) is 9.77. The Bertz CT molecular complexity index is 614. The van der Waals surface area contributed by atoms with Gasteiger partial charge in [-0.25, -0.2) is 0 Å². The molecule has 0 bridgehead atoms. The van der Waals surface area contributed by atoms with Gasteiger partial charge in [0.05, 0.1) is 5.56 Å². The molecule has 0 atom stereocenters. The van der Waals surface area contributed by atoms with Crippen LogP contribution < -0.4 is 0 Å². The van der Waals surface area contributed by atoms with E-state index in [1.807, 2.05) is 24.4 Å². The summed E-state index contributed by atoms with van der Waals surface area (Å²) in [6.07, 6.45) is 1.81. The van der Waals surface area contributed by atoms with Gasteiger partial charge in [-0.1, -0.05) is 0 Å². The van der Waals surface area contributed by atoms with Gasteiger partial charge in [0.2, 0.25) is 0 Å². The van der Waals surface area contributed by atoms with E-state index in [-0.39, 0.29) is 0 Å². The van der Waals surface area contributed by atoms with Gasteiger partial charge in [0.15, 0.2) is 0 Å². The molecule has 0 radical (unpaired) electrons. The third-order valence-electron chi connectivity index (χ3n) is 2.21. The quantitative estimate of drug-likeness (QED) is 0.801. The first-order valence-corrected chi connectivity index (χ1v) is 5.33. The van der Waals surface area contributed by atoms with Gasteiger partial charge in [-0.05, 0) is 46.3 Å². The normalized spacial score (nSPS) is 9.44. The molecule has 2 rings (SSSR count). The highest BCUT2D eigenvalue weighted by Gasteiger charge is 2.05. The Hall–Kier alpha value is -2.04. The third kappa shape index (κ3) is 1.71. The van der Waals surface area contributed by atoms with Crippen LogP contribution >= 0.6 is 15.9 Å². The minimum Gasteiger partial charge on any atom is -0.308 e. The lowest BCUT2D eigenvalue weighted by Crippen LogP contribution is -1.95. The molecule has 0 aliphatic heterocycles. The maximum Gasteiger partial charge on any atom is 0.124 e. The van der Waals surface area contributed by atoms with E-state index in [9.17, 15) is 0 Å². The summed E-state index contributed by atoms with van der Waals surface area (Å²) in [5.74, 6) is 0. The van der Waals surface area contributed by atoms with Crippen molar-refractivity contribution in [3.63, 3.8) is 0 Å². The summed E-state index contributed by atoms with van der Waals surface area (Å²) < 4.78 is 2.50. The summed E-state index contributed by atoms with van der Waals surface area (Å²) in [5.41, 5.74) is 2.00. The minimum atomic E-state index is 0.566. The standard InChI is InChI=1S/C12H6BrN3/c13-12-6-10(4-3-9(12)7-14)16-5-1-2-11(16)8-15/h1-6H. The van der Waals surface area contributed by atoms with Gasteiger partial charge in [0, 0.05) is 16.4 Å². The average Bonchev–Trinajstić information content (AvgIpc) is 2.77. The predicted octanol–water partition coefficient (Wildman–Crippen LogP) is 2.98. The van der Waals surface area contributed by atoms with E-state index < -0.39 is 0 Å². The molecule has 0 unspecified atom stereocenters. The molecule has 0 aliphatic carbocycles. The van der Waals surface area contributed by atoms with Gasteiger partial charge in [0.25, 0.3) is 0 Å². The maximum atomic E-state index is 8.90. The third-order valence-corrected chi connectivity index (χ3v) is 2.87. The topological polar surface area (TPSA) is 52.5 Å². The van der Waals surface area contributed by atoms with Crippen molar-refractivity contribution in [3.05, 3.63) is 52.3 Å². The second-order valence-electron chi connectivity index (χ2n) is 3.15. The van der Waals surface area contributed by atoms with Crippen LogP contribution in [0.1, 0.15) is 11.3 Å². The molecular formula is C12H6BrN3. The van der Waals surface area contributed by atoms with Crippen LogP contribution in [0, 0.1) is 22.7 Å². The molecule has 0 aliphatic rings. The first-order chi connectivity index (χ1) is 7.76. The van der Waals surface area contributed by atoms with E-state index in [0.717, 1.165) is 10.2 Å². The second-order valence-corrected chi connectivity index (χ2v) is 4.01. The number of hydrogen-bond acceptors (Lipinski definition) is 2. The molecule has 1 heterocycles. The van der Waals surface area contributed by atoms with Crippen LogP contribution in [0.3, 0.4) is 0 Å². The lowest BCUT2D eigenvalue weighted by molar-refractivity contribution is 1.05. The Balaban J connectivity index is 2.56. The number of nitrogens with zero attached hydrogens (tertiary/aromatic N) is 3. The molecule has 16 heavy (non-hydrogen) atoms. The smallest absolute Gasteiger partial charge is 0.124 e. The fraction of sp³-hybridized carbons (Fsp3) is 0. The van der Waals surface area contributed by atoms with Crippen molar-refractivity contribution in [1.29, 1.82) is 10.5 Å². The lowest BCUT2D eigenvalue weighted by Gasteiger charge is -2.05. The molecule has 1 aromatic carbocycles. The highest BCUT2D eigenvalue weighted by Crippen LogP contribution is 2.21. The summed E-state index contributed by atoms with van der Waals surface area (Å²) in [6.45, 7) is 0. The number of hydrogen-bond donors (Lipinski definition) is 0. The zero-order chi connectivity index (χ0) is 11.5. The molecule has 2 aromatic rings.